The van der Waals surface area contributed by atoms with E-state index in [-0.39, 0.29) is 12.1 Å². The van der Waals surface area contributed by atoms with Gasteiger partial charge in [-0.2, -0.15) is 0 Å². The summed E-state index contributed by atoms with van der Waals surface area (Å²) in [4.78, 5) is 5.45. The molecule has 1 aliphatic rings. The van der Waals surface area contributed by atoms with Gasteiger partial charge in [-0.1, -0.05) is 25.1 Å². The van der Waals surface area contributed by atoms with Gasteiger partial charge in [0, 0.05) is 23.0 Å². The monoisotopic (exact) mass is 286 g/mol. The molecule has 0 radical (unpaired) electrons. The molecule has 0 bridgehead atoms. The fourth-order valence-corrected chi connectivity index (χ4v) is 3.48. The molecule has 3 nitrogen and oxygen atoms in total. The van der Waals surface area contributed by atoms with Crippen molar-refractivity contribution in [2.24, 2.45) is 0 Å². The van der Waals surface area contributed by atoms with Gasteiger partial charge in [-0.25, -0.2) is 0 Å². The molecule has 4 heteroatoms. The third-order valence-electron chi connectivity index (χ3n) is 3.37. The van der Waals surface area contributed by atoms with Crippen molar-refractivity contribution in [3.05, 3.63) is 54.4 Å². The molecular formula is C16H18N2OS. The zero-order valence-corrected chi connectivity index (χ0v) is 12.3. The molecule has 2 unspecified atom stereocenters. The lowest BCUT2D eigenvalue weighted by atomic mass is 10.0. The number of benzene rings is 1. The Morgan fingerprint density at radius 2 is 2.25 bits per heavy atom. The van der Waals surface area contributed by atoms with E-state index >= 15 is 0 Å². The van der Waals surface area contributed by atoms with Gasteiger partial charge >= 0.3 is 0 Å². The highest BCUT2D eigenvalue weighted by Gasteiger charge is 2.28. The van der Waals surface area contributed by atoms with Gasteiger partial charge in [0.05, 0.1) is 6.04 Å². The van der Waals surface area contributed by atoms with Crippen LogP contribution in [0, 0.1) is 0 Å². The maximum atomic E-state index is 6.19. The number of para-hydroxylation sites is 1. The Balaban J connectivity index is 1.83. The summed E-state index contributed by atoms with van der Waals surface area (Å²) in [6.45, 7) is 3.03. The Hall–Kier alpha value is -1.52. The van der Waals surface area contributed by atoms with Crippen molar-refractivity contribution in [3.63, 3.8) is 0 Å². The lowest BCUT2D eigenvalue weighted by Crippen LogP contribution is -2.38. The fourth-order valence-electron chi connectivity index (χ4n) is 2.44. The van der Waals surface area contributed by atoms with Crippen molar-refractivity contribution >= 4 is 11.8 Å². The lowest BCUT2D eigenvalue weighted by Gasteiger charge is -2.32. The molecule has 1 aromatic carbocycles. The van der Waals surface area contributed by atoms with Gasteiger partial charge in [0.1, 0.15) is 11.9 Å². The number of ether oxygens (including phenoxy) is 1. The Morgan fingerprint density at radius 3 is 3.05 bits per heavy atom. The molecule has 3 rings (SSSR count). The molecule has 0 aliphatic carbocycles. The van der Waals surface area contributed by atoms with Gasteiger partial charge in [-0.15, -0.1) is 11.8 Å². The Bertz CT molecular complexity index is 561. The molecule has 1 aliphatic heterocycles. The molecular weight excluding hydrogens is 268 g/mol. The topological polar surface area (TPSA) is 34.2 Å². The van der Waals surface area contributed by atoms with Crippen LogP contribution < -0.4 is 10.1 Å². The van der Waals surface area contributed by atoms with Crippen LogP contribution in [0.25, 0.3) is 0 Å². The predicted molar refractivity (Wildman–Crippen MR) is 82.2 cm³/mol. The van der Waals surface area contributed by atoms with E-state index in [1.54, 1.807) is 6.20 Å². The van der Waals surface area contributed by atoms with E-state index in [0.29, 0.717) is 0 Å². The smallest absolute Gasteiger partial charge is 0.133 e. The summed E-state index contributed by atoms with van der Waals surface area (Å²) in [5.74, 6) is 1.93. The van der Waals surface area contributed by atoms with Crippen molar-refractivity contribution < 1.29 is 4.74 Å². The summed E-state index contributed by atoms with van der Waals surface area (Å²) >= 11 is 1.86. The summed E-state index contributed by atoms with van der Waals surface area (Å²) in [6.07, 6.45) is 3.85. The van der Waals surface area contributed by atoms with Crippen LogP contribution in [0.1, 0.15) is 18.5 Å². The third-order valence-corrected chi connectivity index (χ3v) is 4.51. The van der Waals surface area contributed by atoms with Gasteiger partial charge in [0.2, 0.25) is 0 Å². The summed E-state index contributed by atoms with van der Waals surface area (Å²) in [6, 6.07) is 12.5. The summed E-state index contributed by atoms with van der Waals surface area (Å²) in [7, 11) is 0. The molecule has 2 aromatic rings. The maximum Gasteiger partial charge on any atom is 0.133 e. The maximum absolute atomic E-state index is 6.19. The van der Waals surface area contributed by atoms with Crippen LogP contribution in [0.5, 0.6) is 5.75 Å². The molecule has 0 saturated carbocycles. The molecule has 2 heterocycles. The van der Waals surface area contributed by atoms with Crippen LogP contribution >= 0.6 is 11.8 Å². The molecule has 0 amide bonds. The van der Waals surface area contributed by atoms with E-state index in [9.17, 15) is 0 Å². The number of fused-ring (bicyclic) bond motifs is 1. The van der Waals surface area contributed by atoms with Crippen LogP contribution in [-0.4, -0.2) is 23.4 Å². The minimum atomic E-state index is 0.124. The van der Waals surface area contributed by atoms with Crippen LogP contribution in [0.3, 0.4) is 0 Å². The van der Waals surface area contributed by atoms with Crippen molar-refractivity contribution in [2.75, 3.05) is 12.3 Å². The van der Waals surface area contributed by atoms with Gasteiger partial charge in [-0.05, 0) is 30.3 Å². The molecule has 1 N–H and O–H groups in total. The van der Waals surface area contributed by atoms with Crippen molar-refractivity contribution in [1.82, 2.24) is 10.3 Å². The number of hydrogen-bond acceptors (Lipinski definition) is 4. The van der Waals surface area contributed by atoms with E-state index in [4.69, 9.17) is 4.74 Å². The summed E-state index contributed by atoms with van der Waals surface area (Å²) < 4.78 is 6.19. The highest BCUT2D eigenvalue weighted by molar-refractivity contribution is 7.99. The number of pyridine rings is 1. The van der Waals surface area contributed by atoms with Crippen molar-refractivity contribution in [3.8, 4) is 5.75 Å². The quantitative estimate of drug-likeness (QED) is 0.935. The Morgan fingerprint density at radius 1 is 1.35 bits per heavy atom. The first-order valence-electron chi connectivity index (χ1n) is 6.90. The average Bonchev–Trinajstić information content (AvgIpc) is 2.53. The Labute approximate surface area is 123 Å². The van der Waals surface area contributed by atoms with Crippen molar-refractivity contribution in [2.45, 2.75) is 24.0 Å². The Kier molecular flexibility index (Phi) is 4.23. The molecule has 104 valence electrons. The van der Waals surface area contributed by atoms with E-state index in [1.807, 2.05) is 36.2 Å². The first kappa shape index (κ1) is 13.5. The second kappa shape index (κ2) is 6.29. The molecule has 20 heavy (non-hydrogen) atoms. The first-order valence-corrected chi connectivity index (χ1v) is 7.89. The SMILES string of the molecule is CCNC(c1cccnc1)C1CSc2ccccc2O1. The minimum absolute atomic E-state index is 0.124. The molecule has 1 aromatic heterocycles. The highest BCUT2D eigenvalue weighted by atomic mass is 32.2. The summed E-state index contributed by atoms with van der Waals surface area (Å²) in [5.41, 5.74) is 1.18. The standard InChI is InChI=1S/C16H18N2OS/c1-2-18-16(12-6-5-9-17-10-12)14-11-20-15-8-4-3-7-13(15)19-14/h3-10,14,16,18H,2,11H2,1H3. The van der Waals surface area contributed by atoms with Gasteiger partial charge in [0.25, 0.3) is 0 Å². The lowest BCUT2D eigenvalue weighted by molar-refractivity contribution is 0.167. The number of hydrogen-bond donors (Lipinski definition) is 1. The zero-order valence-electron chi connectivity index (χ0n) is 11.5. The number of rotatable bonds is 4. The van der Waals surface area contributed by atoms with Crippen LogP contribution in [0.15, 0.2) is 53.7 Å². The van der Waals surface area contributed by atoms with Crippen molar-refractivity contribution in [1.29, 1.82) is 0 Å². The fraction of sp³-hybridized carbons (Fsp3) is 0.312. The van der Waals surface area contributed by atoms with Crippen LogP contribution in [0.2, 0.25) is 0 Å². The van der Waals surface area contributed by atoms with Crippen LogP contribution in [-0.2, 0) is 0 Å². The molecule has 0 spiro atoms. The predicted octanol–water partition coefficient (Wildman–Crippen LogP) is 3.29. The third kappa shape index (κ3) is 2.81. The van der Waals surface area contributed by atoms with E-state index in [2.05, 4.69) is 35.4 Å². The number of aromatic nitrogens is 1. The highest BCUT2D eigenvalue weighted by Crippen LogP contribution is 2.38. The summed E-state index contributed by atoms with van der Waals surface area (Å²) in [5, 5.41) is 3.52. The zero-order chi connectivity index (χ0) is 13.8. The molecule has 2 atom stereocenters. The van der Waals surface area contributed by atoms with E-state index in [0.717, 1.165) is 18.0 Å². The van der Waals surface area contributed by atoms with Gasteiger partial charge < -0.3 is 10.1 Å². The number of thioether (sulfide) groups is 1. The van der Waals surface area contributed by atoms with E-state index < -0.39 is 0 Å². The van der Waals surface area contributed by atoms with Gasteiger partial charge in [-0.3, -0.25) is 4.98 Å². The first-order chi connectivity index (χ1) is 9.88. The normalized spacial score (nSPS) is 18.9. The van der Waals surface area contributed by atoms with Crippen LogP contribution in [0.4, 0.5) is 0 Å². The van der Waals surface area contributed by atoms with E-state index in [1.165, 1.54) is 10.5 Å². The minimum Gasteiger partial charge on any atom is -0.486 e. The second-order valence-electron chi connectivity index (χ2n) is 4.74. The largest absolute Gasteiger partial charge is 0.486 e. The number of likely N-dealkylation sites (N-methyl/N-ethyl adjacent to an activating group) is 1. The average molecular weight is 286 g/mol. The van der Waals surface area contributed by atoms with Gasteiger partial charge in [0.15, 0.2) is 0 Å². The number of nitrogens with zero attached hydrogens (tertiary/aromatic N) is 1. The molecule has 0 saturated heterocycles. The number of nitrogens with one attached hydrogen (secondary N) is 1. The molecule has 0 fully saturated rings. The second-order valence-corrected chi connectivity index (χ2v) is 5.80.